The molecule has 0 aromatic rings. The zero-order valence-corrected chi connectivity index (χ0v) is 12.4. The number of rotatable bonds is 9. The van der Waals surface area contributed by atoms with E-state index in [2.05, 4.69) is 46.9 Å². The molecule has 0 aliphatic heterocycles. The summed E-state index contributed by atoms with van der Waals surface area (Å²) in [5, 5.41) is 3.68. The molecule has 0 bridgehead atoms. The van der Waals surface area contributed by atoms with Gasteiger partial charge in [-0.15, -0.1) is 0 Å². The van der Waals surface area contributed by atoms with Crippen molar-refractivity contribution in [3.05, 3.63) is 0 Å². The molecule has 0 amide bonds. The topological polar surface area (TPSA) is 12.0 Å². The molecule has 1 nitrogen and oxygen atoms in total. The van der Waals surface area contributed by atoms with Gasteiger partial charge in [-0.25, -0.2) is 0 Å². The Morgan fingerprint density at radius 1 is 1.06 bits per heavy atom. The van der Waals surface area contributed by atoms with Crippen LogP contribution < -0.4 is 5.32 Å². The lowest BCUT2D eigenvalue weighted by Gasteiger charge is -2.28. The number of unbranched alkanes of at least 4 members (excludes halogenated alkanes) is 2. The fraction of sp³-hybridized carbons (Fsp3) is 1.00. The second kappa shape index (κ2) is 8.11. The van der Waals surface area contributed by atoms with Gasteiger partial charge in [-0.05, 0) is 31.1 Å². The Kier molecular flexibility index (Phi) is 8.09. The van der Waals surface area contributed by atoms with Crippen LogP contribution in [0.4, 0.5) is 0 Å². The van der Waals surface area contributed by atoms with E-state index in [4.69, 9.17) is 0 Å². The van der Waals surface area contributed by atoms with E-state index >= 15 is 0 Å². The zero-order valence-electron chi connectivity index (χ0n) is 12.4. The van der Waals surface area contributed by atoms with Crippen LogP contribution in [0.3, 0.4) is 0 Å². The molecule has 0 spiro atoms. The number of hydrogen-bond donors (Lipinski definition) is 1. The van der Waals surface area contributed by atoms with Crippen LogP contribution in [0.25, 0.3) is 0 Å². The standard InChI is InChI=1S/C15H33N/c1-7-8-9-10-15(5,6)12-16-14(4)11-13(2)3/h13-14,16H,7-12H2,1-6H3. The summed E-state index contributed by atoms with van der Waals surface area (Å²) in [5.41, 5.74) is 0.459. The van der Waals surface area contributed by atoms with Crippen molar-refractivity contribution in [2.24, 2.45) is 11.3 Å². The van der Waals surface area contributed by atoms with Crippen LogP contribution in [0.1, 0.15) is 73.6 Å². The normalized spacial score (nSPS) is 14.4. The molecule has 0 saturated carbocycles. The van der Waals surface area contributed by atoms with Crippen molar-refractivity contribution in [2.75, 3.05) is 6.54 Å². The smallest absolute Gasteiger partial charge is 0.00413 e. The highest BCUT2D eigenvalue weighted by atomic mass is 14.9. The molecule has 0 aromatic carbocycles. The third kappa shape index (κ3) is 9.21. The van der Waals surface area contributed by atoms with E-state index in [0.717, 1.165) is 12.5 Å². The first-order chi connectivity index (χ1) is 7.37. The molecule has 0 aliphatic rings. The third-order valence-electron chi connectivity index (χ3n) is 3.21. The van der Waals surface area contributed by atoms with Crippen molar-refractivity contribution in [1.82, 2.24) is 5.32 Å². The van der Waals surface area contributed by atoms with Gasteiger partial charge in [0.1, 0.15) is 0 Å². The van der Waals surface area contributed by atoms with Crippen molar-refractivity contribution in [3.63, 3.8) is 0 Å². The molecular formula is C15H33N. The van der Waals surface area contributed by atoms with Gasteiger partial charge in [0.25, 0.3) is 0 Å². The molecule has 0 rings (SSSR count). The van der Waals surface area contributed by atoms with Crippen molar-refractivity contribution in [1.29, 1.82) is 0 Å². The van der Waals surface area contributed by atoms with Gasteiger partial charge in [0.05, 0.1) is 0 Å². The highest BCUT2D eigenvalue weighted by molar-refractivity contribution is 4.74. The van der Waals surface area contributed by atoms with Crippen LogP contribution in [-0.4, -0.2) is 12.6 Å². The lowest BCUT2D eigenvalue weighted by atomic mass is 9.86. The molecule has 0 aromatic heterocycles. The average Bonchev–Trinajstić information content (AvgIpc) is 2.14. The summed E-state index contributed by atoms with van der Waals surface area (Å²) in [6, 6.07) is 0.658. The molecule has 1 unspecified atom stereocenters. The minimum Gasteiger partial charge on any atom is -0.314 e. The summed E-state index contributed by atoms with van der Waals surface area (Å²) in [6.07, 6.45) is 6.72. The van der Waals surface area contributed by atoms with Gasteiger partial charge in [0.2, 0.25) is 0 Å². The molecular weight excluding hydrogens is 194 g/mol. The summed E-state index contributed by atoms with van der Waals surface area (Å²) in [4.78, 5) is 0. The van der Waals surface area contributed by atoms with Crippen molar-refractivity contribution in [3.8, 4) is 0 Å². The minimum absolute atomic E-state index is 0.459. The van der Waals surface area contributed by atoms with E-state index < -0.39 is 0 Å². The Morgan fingerprint density at radius 2 is 1.69 bits per heavy atom. The fourth-order valence-corrected chi connectivity index (χ4v) is 2.18. The lowest BCUT2D eigenvalue weighted by Crippen LogP contribution is -2.36. The van der Waals surface area contributed by atoms with Crippen LogP contribution >= 0.6 is 0 Å². The monoisotopic (exact) mass is 227 g/mol. The van der Waals surface area contributed by atoms with Gasteiger partial charge >= 0.3 is 0 Å². The van der Waals surface area contributed by atoms with Crippen molar-refractivity contribution < 1.29 is 0 Å². The van der Waals surface area contributed by atoms with Gasteiger partial charge in [-0.2, -0.15) is 0 Å². The maximum absolute atomic E-state index is 3.68. The average molecular weight is 227 g/mol. The predicted octanol–water partition coefficient (Wildman–Crippen LogP) is 4.62. The van der Waals surface area contributed by atoms with Gasteiger partial charge in [-0.1, -0.05) is 53.9 Å². The Balaban J connectivity index is 3.71. The van der Waals surface area contributed by atoms with E-state index in [1.807, 2.05) is 0 Å². The molecule has 0 radical (unpaired) electrons. The lowest BCUT2D eigenvalue weighted by molar-refractivity contribution is 0.281. The maximum Gasteiger partial charge on any atom is 0.00413 e. The van der Waals surface area contributed by atoms with Crippen molar-refractivity contribution >= 4 is 0 Å². The minimum atomic E-state index is 0.459. The van der Waals surface area contributed by atoms with E-state index in [1.165, 1.54) is 32.1 Å². The third-order valence-corrected chi connectivity index (χ3v) is 3.21. The first-order valence-corrected chi connectivity index (χ1v) is 7.10. The van der Waals surface area contributed by atoms with E-state index in [1.54, 1.807) is 0 Å². The molecule has 0 saturated heterocycles. The Labute approximate surface area is 103 Å². The summed E-state index contributed by atoms with van der Waals surface area (Å²) >= 11 is 0. The van der Waals surface area contributed by atoms with E-state index in [9.17, 15) is 0 Å². The van der Waals surface area contributed by atoms with Crippen LogP contribution in [0.15, 0.2) is 0 Å². The van der Waals surface area contributed by atoms with E-state index in [0.29, 0.717) is 11.5 Å². The van der Waals surface area contributed by atoms with Gasteiger partial charge in [-0.3, -0.25) is 0 Å². The molecule has 0 aliphatic carbocycles. The van der Waals surface area contributed by atoms with Gasteiger partial charge in [0.15, 0.2) is 0 Å². The van der Waals surface area contributed by atoms with Crippen molar-refractivity contribution in [2.45, 2.75) is 79.7 Å². The van der Waals surface area contributed by atoms with Crippen LogP contribution in [0.5, 0.6) is 0 Å². The molecule has 98 valence electrons. The molecule has 16 heavy (non-hydrogen) atoms. The van der Waals surface area contributed by atoms with E-state index in [-0.39, 0.29) is 0 Å². The molecule has 0 fully saturated rings. The molecule has 1 atom stereocenters. The maximum atomic E-state index is 3.68. The second-order valence-corrected chi connectivity index (χ2v) is 6.53. The summed E-state index contributed by atoms with van der Waals surface area (Å²) in [6.45, 7) is 15.1. The summed E-state index contributed by atoms with van der Waals surface area (Å²) in [5.74, 6) is 0.797. The zero-order chi connectivity index (χ0) is 12.6. The molecule has 1 N–H and O–H groups in total. The highest BCUT2D eigenvalue weighted by Crippen LogP contribution is 2.23. The van der Waals surface area contributed by atoms with Crippen LogP contribution in [-0.2, 0) is 0 Å². The second-order valence-electron chi connectivity index (χ2n) is 6.53. The first kappa shape index (κ1) is 16.0. The first-order valence-electron chi connectivity index (χ1n) is 7.10. The molecule has 1 heteroatoms. The van der Waals surface area contributed by atoms with Crippen LogP contribution in [0, 0.1) is 11.3 Å². The quantitative estimate of drug-likeness (QED) is 0.567. The Hall–Kier alpha value is -0.0400. The Bertz CT molecular complexity index is 161. The predicted molar refractivity (Wildman–Crippen MR) is 74.8 cm³/mol. The Morgan fingerprint density at radius 3 is 2.19 bits per heavy atom. The SMILES string of the molecule is CCCCCC(C)(C)CNC(C)CC(C)C. The number of nitrogens with one attached hydrogen (secondary N) is 1. The highest BCUT2D eigenvalue weighted by Gasteiger charge is 2.18. The van der Waals surface area contributed by atoms with Crippen LogP contribution in [0.2, 0.25) is 0 Å². The fourth-order valence-electron chi connectivity index (χ4n) is 2.18. The summed E-state index contributed by atoms with van der Waals surface area (Å²) in [7, 11) is 0. The molecule has 0 heterocycles. The van der Waals surface area contributed by atoms with Gasteiger partial charge in [0, 0.05) is 12.6 Å². The number of hydrogen-bond acceptors (Lipinski definition) is 1. The summed E-state index contributed by atoms with van der Waals surface area (Å²) < 4.78 is 0. The largest absolute Gasteiger partial charge is 0.314 e. The van der Waals surface area contributed by atoms with Gasteiger partial charge < -0.3 is 5.32 Å².